The number of carbonyl (C=O) groups excluding carboxylic acids is 1. The Bertz CT molecular complexity index is 789. The molecule has 4 heterocycles. The van der Waals surface area contributed by atoms with Crippen LogP contribution in [0, 0.1) is 0 Å². The summed E-state index contributed by atoms with van der Waals surface area (Å²) in [6.45, 7) is 3.61. The van der Waals surface area contributed by atoms with Crippen LogP contribution in [0.4, 0.5) is 0 Å². The van der Waals surface area contributed by atoms with Crippen molar-refractivity contribution in [3.05, 3.63) is 48.0 Å². The molecule has 150 valence electrons. The highest BCUT2D eigenvalue weighted by atomic mass is 16.5. The molecular formula is C20H26N4O4. The van der Waals surface area contributed by atoms with E-state index in [2.05, 4.69) is 10.1 Å². The highest BCUT2D eigenvalue weighted by Gasteiger charge is 2.50. The standard InChI is InChI=1S/C20H26N4O4/c1-26-11-9-24-8-4-18(22-24)19(25)23-14-20(15-23)12-17(5-10-28-20)27-13-16-2-6-21-7-3-16/h2-4,6-8,17H,5,9-15H2,1H3. The molecule has 2 fully saturated rings. The van der Waals surface area contributed by atoms with Gasteiger partial charge >= 0.3 is 0 Å². The van der Waals surface area contributed by atoms with Crippen LogP contribution >= 0.6 is 0 Å². The third kappa shape index (κ3) is 4.24. The molecule has 0 N–H and O–H groups in total. The van der Waals surface area contributed by atoms with Gasteiger partial charge in [-0.1, -0.05) is 0 Å². The largest absolute Gasteiger partial charge is 0.383 e. The first-order valence-corrected chi connectivity index (χ1v) is 9.64. The predicted octanol–water partition coefficient (Wildman–Crippen LogP) is 1.51. The Morgan fingerprint density at radius 3 is 2.93 bits per heavy atom. The van der Waals surface area contributed by atoms with E-state index in [9.17, 15) is 4.79 Å². The molecule has 0 aliphatic carbocycles. The summed E-state index contributed by atoms with van der Waals surface area (Å²) in [6, 6.07) is 5.68. The Morgan fingerprint density at radius 2 is 2.14 bits per heavy atom. The zero-order valence-corrected chi connectivity index (χ0v) is 16.1. The van der Waals surface area contributed by atoms with Crippen LogP contribution in [0.2, 0.25) is 0 Å². The Hall–Kier alpha value is -2.29. The van der Waals surface area contributed by atoms with Crippen molar-refractivity contribution in [2.24, 2.45) is 0 Å². The molecule has 2 aromatic rings. The van der Waals surface area contributed by atoms with E-state index < -0.39 is 0 Å². The van der Waals surface area contributed by atoms with E-state index in [1.807, 2.05) is 18.3 Å². The van der Waals surface area contributed by atoms with Gasteiger partial charge in [0.1, 0.15) is 11.3 Å². The molecule has 2 saturated heterocycles. The second-order valence-corrected chi connectivity index (χ2v) is 7.43. The molecule has 0 bridgehead atoms. The van der Waals surface area contributed by atoms with Crippen LogP contribution in [0.3, 0.4) is 0 Å². The first-order chi connectivity index (χ1) is 13.7. The number of pyridine rings is 1. The normalized spacial score (nSPS) is 20.9. The predicted molar refractivity (Wildman–Crippen MR) is 101 cm³/mol. The van der Waals surface area contributed by atoms with Gasteiger partial charge < -0.3 is 19.1 Å². The monoisotopic (exact) mass is 386 g/mol. The minimum Gasteiger partial charge on any atom is -0.383 e. The Labute approximate surface area is 164 Å². The molecule has 0 aromatic carbocycles. The zero-order valence-electron chi connectivity index (χ0n) is 16.1. The molecule has 0 radical (unpaired) electrons. The molecule has 4 rings (SSSR count). The lowest BCUT2D eigenvalue weighted by molar-refractivity contribution is -0.188. The topological polar surface area (TPSA) is 78.7 Å². The van der Waals surface area contributed by atoms with Crippen LogP contribution in [0.25, 0.3) is 0 Å². The second-order valence-electron chi connectivity index (χ2n) is 7.43. The molecule has 2 aliphatic heterocycles. The molecule has 2 aliphatic rings. The van der Waals surface area contributed by atoms with Crippen molar-refractivity contribution in [2.75, 3.05) is 33.4 Å². The molecule has 8 nitrogen and oxygen atoms in total. The van der Waals surface area contributed by atoms with Crippen LogP contribution < -0.4 is 0 Å². The average Bonchev–Trinajstić information content (AvgIpc) is 3.18. The van der Waals surface area contributed by atoms with Crippen LogP contribution in [0.1, 0.15) is 28.9 Å². The molecule has 8 heteroatoms. The van der Waals surface area contributed by atoms with Crippen LogP contribution in [-0.4, -0.2) is 70.7 Å². The van der Waals surface area contributed by atoms with Crippen molar-refractivity contribution < 1.29 is 19.0 Å². The number of aromatic nitrogens is 3. The smallest absolute Gasteiger partial charge is 0.274 e. The van der Waals surface area contributed by atoms with Gasteiger partial charge in [-0.05, 0) is 30.2 Å². The molecular weight excluding hydrogens is 360 g/mol. The lowest BCUT2D eigenvalue weighted by atomic mass is 9.84. The van der Waals surface area contributed by atoms with E-state index in [1.54, 1.807) is 35.2 Å². The summed E-state index contributed by atoms with van der Waals surface area (Å²) in [5, 5.41) is 4.34. The van der Waals surface area contributed by atoms with Gasteiger partial charge in [-0.15, -0.1) is 0 Å². The third-order valence-electron chi connectivity index (χ3n) is 5.31. The van der Waals surface area contributed by atoms with Gasteiger partial charge in [0.05, 0.1) is 39.0 Å². The maximum atomic E-state index is 12.7. The SMILES string of the molecule is COCCn1ccc(C(=O)N2CC3(CC(OCc4ccncc4)CCO3)C2)n1. The second kappa shape index (κ2) is 8.38. The van der Waals surface area contributed by atoms with Crippen molar-refractivity contribution in [1.82, 2.24) is 19.7 Å². The maximum Gasteiger partial charge on any atom is 0.274 e. The average molecular weight is 386 g/mol. The van der Waals surface area contributed by atoms with E-state index in [4.69, 9.17) is 14.2 Å². The summed E-state index contributed by atoms with van der Waals surface area (Å²) in [5.41, 5.74) is 1.30. The van der Waals surface area contributed by atoms with E-state index in [0.29, 0.717) is 45.1 Å². The number of nitrogens with zero attached hydrogens (tertiary/aromatic N) is 4. The van der Waals surface area contributed by atoms with Crippen molar-refractivity contribution in [2.45, 2.75) is 37.7 Å². The Morgan fingerprint density at radius 1 is 1.32 bits per heavy atom. The molecule has 28 heavy (non-hydrogen) atoms. The number of ether oxygens (including phenoxy) is 3. The van der Waals surface area contributed by atoms with Crippen molar-refractivity contribution in [3.8, 4) is 0 Å². The van der Waals surface area contributed by atoms with Gasteiger partial charge in [0.15, 0.2) is 0 Å². The molecule has 1 atom stereocenters. The number of amides is 1. The summed E-state index contributed by atoms with van der Waals surface area (Å²) in [7, 11) is 1.65. The fourth-order valence-electron chi connectivity index (χ4n) is 3.78. The van der Waals surface area contributed by atoms with Gasteiger partial charge in [-0.3, -0.25) is 14.5 Å². The minimum absolute atomic E-state index is 0.0507. The number of hydrogen-bond donors (Lipinski definition) is 0. The van der Waals surface area contributed by atoms with Gasteiger partial charge in [0.2, 0.25) is 0 Å². The number of carbonyl (C=O) groups is 1. The third-order valence-corrected chi connectivity index (χ3v) is 5.31. The highest BCUT2D eigenvalue weighted by Crippen LogP contribution is 2.36. The maximum absolute atomic E-state index is 12.7. The fraction of sp³-hybridized carbons (Fsp3) is 0.550. The summed E-state index contributed by atoms with van der Waals surface area (Å²) >= 11 is 0. The quantitative estimate of drug-likeness (QED) is 0.718. The summed E-state index contributed by atoms with van der Waals surface area (Å²) in [6.07, 6.45) is 7.19. The summed E-state index contributed by atoms with van der Waals surface area (Å²) < 4.78 is 18.9. The van der Waals surface area contributed by atoms with E-state index >= 15 is 0 Å². The van der Waals surface area contributed by atoms with Crippen molar-refractivity contribution >= 4 is 5.91 Å². The number of likely N-dealkylation sites (tertiary alicyclic amines) is 1. The zero-order chi connectivity index (χ0) is 19.4. The van der Waals surface area contributed by atoms with E-state index in [0.717, 1.165) is 18.4 Å². The summed E-state index contributed by atoms with van der Waals surface area (Å²) in [4.78, 5) is 18.5. The van der Waals surface area contributed by atoms with Crippen LogP contribution in [-0.2, 0) is 27.4 Å². The Balaban J connectivity index is 1.28. The summed E-state index contributed by atoms with van der Waals surface area (Å²) in [5.74, 6) is -0.0507. The van der Waals surface area contributed by atoms with Crippen LogP contribution in [0.5, 0.6) is 0 Å². The number of methoxy groups -OCH3 is 1. The van der Waals surface area contributed by atoms with Crippen molar-refractivity contribution in [1.29, 1.82) is 0 Å². The lowest BCUT2D eigenvalue weighted by Gasteiger charge is -2.52. The number of hydrogen-bond acceptors (Lipinski definition) is 6. The molecule has 1 amide bonds. The van der Waals surface area contributed by atoms with E-state index in [-0.39, 0.29) is 17.6 Å². The van der Waals surface area contributed by atoms with Crippen LogP contribution in [0.15, 0.2) is 36.8 Å². The van der Waals surface area contributed by atoms with E-state index in [1.165, 1.54) is 0 Å². The lowest BCUT2D eigenvalue weighted by Crippen LogP contribution is -2.67. The molecule has 0 saturated carbocycles. The molecule has 1 unspecified atom stereocenters. The van der Waals surface area contributed by atoms with Gasteiger partial charge in [0, 0.05) is 38.7 Å². The highest BCUT2D eigenvalue weighted by molar-refractivity contribution is 5.93. The first-order valence-electron chi connectivity index (χ1n) is 9.64. The first kappa shape index (κ1) is 19.0. The number of rotatable bonds is 7. The minimum atomic E-state index is -0.282. The van der Waals surface area contributed by atoms with Gasteiger partial charge in [-0.25, -0.2) is 0 Å². The molecule has 1 spiro atoms. The molecule has 2 aromatic heterocycles. The van der Waals surface area contributed by atoms with Gasteiger partial charge in [-0.2, -0.15) is 5.10 Å². The van der Waals surface area contributed by atoms with Gasteiger partial charge in [0.25, 0.3) is 5.91 Å². The fourth-order valence-corrected chi connectivity index (χ4v) is 3.78. The Kier molecular flexibility index (Phi) is 5.70. The van der Waals surface area contributed by atoms with Crippen molar-refractivity contribution in [3.63, 3.8) is 0 Å².